The van der Waals surface area contributed by atoms with Gasteiger partial charge in [0.1, 0.15) is 17.8 Å². The predicted molar refractivity (Wildman–Crippen MR) is 156 cm³/mol. The lowest BCUT2D eigenvalue weighted by Crippen LogP contribution is -2.55. The molecule has 10 nitrogen and oxygen atoms in total. The molecular formula is C30H34F3N5O5S. The van der Waals surface area contributed by atoms with Gasteiger partial charge in [0.25, 0.3) is 5.92 Å². The number of esters is 1. The summed E-state index contributed by atoms with van der Waals surface area (Å²) in [4.78, 5) is 50.3. The van der Waals surface area contributed by atoms with Gasteiger partial charge in [0, 0.05) is 43.0 Å². The molecule has 3 aliphatic rings. The van der Waals surface area contributed by atoms with Crippen molar-refractivity contribution in [3.63, 3.8) is 0 Å². The number of likely N-dealkylation sites (tertiary alicyclic amines) is 2. The Hall–Kier alpha value is -3.78. The molecular weight excluding hydrogens is 599 g/mol. The zero-order valence-electron chi connectivity index (χ0n) is 24.8. The summed E-state index contributed by atoms with van der Waals surface area (Å²) in [5.74, 6) is -7.93. The number of hydrogen-bond donors (Lipinski definition) is 2. The van der Waals surface area contributed by atoms with E-state index in [1.54, 1.807) is 31.5 Å². The molecule has 0 unspecified atom stereocenters. The first kappa shape index (κ1) is 31.6. The molecule has 5 rings (SSSR count). The number of nitrogens with zero attached hydrogens (tertiary/aromatic N) is 4. The molecule has 1 amide bonds. The van der Waals surface area contributed by atoms with Gasteiger partial charge in [-0.15, -0.1) is 11.3 Å². The zero-order chi connectivity index (χ0) is 32.0. The highest BCUT2D eigenvalue weighted by Gasteiger charge is 2.60. The van der Waals surface area contributed by atoms with Gasteiger partial charge in [0.05, 0.1) is 24.1 Å². The van der Waals surface area contributed by atoms with Crippen molar-refractivity contribution < 1.29 is 37.4 Å². The van der Waals surface area contributed by atoms with E-state index < -0.39 is 59.5 Å². The van der Waals surface area contributed by atoms with Gasteiger partial charge in [-0.2, -0.15) is 0 Å². The van der Waals surface area contributed by atoms with Gasteiger partial charge in [-0.3, -0.25) is 19.5 Å². The Kier molecular flexibility index (Phi) is 8.60. The number of aliphatic imine (C=N–C) groups is 1. The Balaban J connectivity index is 1.53. The fourth-order valence-electron chi connectivity index (χ4n) is 6.11. The lowest BCUT2D eigenvalue weighted by Gasteiger charge is -2.40. The van der Waals surface area contributed by atoms with E-state index in [9.17, 15) is 23.9 Å². The number of benzene rings is 1. The van der Waals surface area contributed by atoms with E-state index in [1.165, 1.54) is 47.1 Å². The maximum atomic E-state index is 15.6. The maximum Gasteiger partial charge on any atom is 0.338 e. The number of rotatable bonds is 9. The summed E-state index contributed by atoms with van der Waals surface area (Å²) in [7, 11) is 0. The number of amides is 1. The number of aliphatic carboxylic acids is 1. The molecule has 3 aliphatic heterocycles. The van der Waals surface area contributed by atoms with Crippen LogP contribution in [0.4, 0.5) is 13.2 Å². The number of halogens is 3. The quantitative estimate of drug-likeness (QED) is 0.400. The fraction of sp³-hybridized carbons (Fsp3) is 0.500. The number of carboxylic acid groups (broad SMARTS) is 1. The Morgan fingerprint density at radius 3 is 2.70 bits per heavy atom. The predicted octanol–water partition coefficient (Wildman–Crippen LogP) is 3.78. The minimum Gasteiger partial charge on any atom is -0.481 e. The topological polar surface area (TPSA) is 124 Å². The molecule has 4 heterocycles. The number of carbonyl (C=O) groups excluding carboxylic acids is 2. The van der Waals surface area contributed by atoms with E-state index in [-0.39, 0.29) is 49.5 Å². The van der Waals surface area contributed by atoms with E-state index >= 15 is 8.78 Å². The minimum absolute atomic E-state index is 0.0387. The Bertz CT molecular complexity index is 1530. The van der Waals surface area contributed by atoms with Gasteiger partial charge >= 0.3 is 11.9 Å². The second kappa shape index (κ2) is 12.0. The minimum atomic E-state index is -3.40. The number of ether oxygens (including phenoxy) is 1. The summed E-state index contributed by atoms with van der Waals surface area (Å²) in [5, 5.41) is 14.9. The van der Waals surface area contributed by atoms with Gasteiger partial charge < -0.3 is 20.1 Å². The number of hydrogen-bond acceptors (Lipinski definition) is 9. The van der Waals surface area contributed by atoms with Crippen LogP contribution in [-0.4, -0.2) is 88.3 Å². The zero-order valence-corrected chi connectivity index (χ0v) is 25.6. The summed E-state index contributed by atoms with van der Waals surface area (Å²) in [6.45, 7) is 5.14. The van der Waals surface area contributed by atoms with Crippen molar-refractivity contribution in [3.8, 4) is 0 Å². The van der Waals surface area contributed by atoms with Crippen molar-refractivity contribution in [3.05, 3.63) is 63.0 Å². The van der Waals surface area contributed by atoms with Crippen molar-refractivity contribution in [2.24, 2.45) is 16.3 Å². The summed E-state index contributed by atoms with van der Waals surface area (Å²) in [5.41, 5.74) is -0.319. The molecule has 0 saturated carbocycles. The molecule has 236 valence electrons. The third-order valence-electron chi connectivity index (χ3n) is 8.38. The molecule has 2 N–H and O–H groups in total. The van der Waals surface area contributed by atoms with Crippen molar-refractivity contribution >= 4 is 35.0 Å². The Labute approximate surface area is 256 Å². The lowest BCUT2D eigenvalue weighted by molar-refractivity contribution is -0.156. The monoisotopic (exact) mass is 633 g/mol. The van der Waals surface area contributed by atoms with Gasteiger partial charge in [-0.05, 0) is 51.3 Å². The first-order chi connectivity index (χ1) is 20.7. The summed E-state index contributed by atoms with van der Waals surface area (Å²) >= 11 is 1.28. The normalized spacial score (nSPS) is 23.7. The molecule has 0 radical (unpaired) electrons. The molecule has 3 atom stereocenters. The Morgan fingerprint density at radius 1 is 1.30 bits per heavy atom. The largest absolute Gasteiger partial charge is 0.481 e. The van der Waals surface area contributed by atoms with Crippen molar-refractivity contribution in [1.82, 2.24) is 20.1 Å². The van der Waals surface area contributed by atoms with Crippen LogP contribution in [0.1, 0.15) is 49.4 Å². The number of carbonyl (C=O) groups is 3. The molecule has 2 fully saturated rings. The number of thiazole rings is 1. The third-order valence-corrected chi connectivity index (χ3v) is 9.16. The second-order valence-corrected chi connectivity index (χ2v) is 12.8. The molecule has 2 aromatic rings. The van der Waals surface area contributed by atoms with Gasteiger partial charge in [0.2, 0.25) is 5.91 Å². The molecule has 0 aliphatic carbocycles. The molecule has 14 heteroatoms. The molecule has 2 saturated heterocycles. The highest BCUT2D eigenvalue weighted by atomic mass is 32.1. The lowest BCUT2D eigenvalue weighted by atomic mass is 9.86. The highest BCUT2D eigenvalue weighted by Crippen LogP contribution is 2.44. The number of piperidine rings is 1. The fourth-order valence-corrected chi connectivity index (χ4v) is 6.70. The average Bonchev–Trinajstić information content (AvgIpc) is 3.58. The van der Waals surface area contributed by atoms with Crippen molar-refractivity contribution in [2.75, 3.05) is 32.8 Å². The highest BCUT2D eigenvalue weighted by molar-refractivity contribution is 7.11. The molecule has 0 bridgehead atoms. The number of fused-ring (bicyclic) bond motifs is 1. The molecule has 1 aromatic heterocycles. The number of alkyl halides is 2. The molecule has 44 heavy (non-hydrogen) atoms. The third kappa shape index (κ3) is 5.84. The van der Waals surface area contributed by atoms with E-state index in [0.29, 0.717) is 16.4 Å². The first-order valence-corrected chi connectivity index (χ1v) is 15.2. The van der Waals surface area contributed by atoms with Crippen LogP contribution in [-0.2, 0) is 19.1 Å². The van der Waals surface area contributed by atoms with Crippen LogP contribution < -0.4 is 5.32 Å². The van der Waals surface area contributed by atoms with Gasteiger partial charge in [0.15, 0.2) is 10.8 Å². The SMILES string of the molecule is CCOC(=O)C1=C(CN2CC(F)(F)[C@H]3C(=O)N(CC(C)(C)C(=O)O)CC[C@H]32)NC(c2nccs2)=N[C@H]1c1cccc(F)c1C. The van der Waals surface area contributed by atoms with Crippen molar-refractivity contribution in [1.29, 1.82) is 0 Å². The van der Waals surface area contributed by atoms with Crippen LogP contribution >= 0.6 is 11.3 Å². The number of amidine groups is 1. The maximum absolute atomic E-state index is 15.6. The Morgan fingerprint density at radius 2 is 2.05 bits per heavy atom. The summed E-state index contributed by atoms with van der Waals surface area (Å²) in [6.07, 6.45) is 1.76. The number of aromatic nitrogens is 1. The van der Waals surface area contributed by atoms with Crippen molar-refractivity contribution in [2.45, 2.75) is 52.1 Å². The summed E-state index contributed by atoms with van der Waals surface area (Å²) in [6, 6.07) is 2.59. The van der Waals surface area contributed by atoms with Crippen LogP contribution in [0.3, 0.4) is 0 Å². The average molecular weight is 634 g/mol. The van der Waals surface area contributed by atoms with Crippen LogP contribution in [0.2, 0.25) is 0 Å². The van der Waals surface area contributed by atoms with Gasteiger partial charge in [-0.25, -0.2) is 22.9 Å². The summed E-state index contributed by atoms with van der Waals surface area (Å²) < 4.78 is 51.3. The van der Waals surface area contributed by atoms with Crippen LogP contribution in [0.25, 0.3) is 0 Å². The van der Waals surface area contributed by atoms with Gasteiger partial charge in [-0.1, -0.05) is 12.1 Å². The first-order valence-electron chi connectivity index (χ1n) is 14.3. The van der Waals surface area contributed by atoms with E-state index in [4.69, 9.17) is 9.73 Å². The molecule has 1 aromatic carbocycles. The van der Waals surface area contributed by atoms with Crippen LogP contribution in [0.5, 0.6) is 0 Å². The van der Waals surface area contributed by atoms with Crippen LogP contribution in [0, 0.1) is 24.1 Å². The van der Waals surface area contributed by atoms with E-state index in [1.807, 2.05) is 0 Å². The van der Waals surface area contributed by atoms with E-state index in [0.717, 1.165) is 0 Å². The van der Waals surface area contributed by atoms with E-state index in [2.05, 4.69) is 10.3 Å². The molecule has 0 spiro atoms. The number of carboxylic acids is 1. The number of nitrogens with one attached hydrogen (secondary N) is 1. The standard InChI is InChI=1S/C30H34F3N5O5S/c1-5-43-27(40)21-19(35-24(25-34-10-12-44-25)36-23(21)17-7-6-8-18(31)16(17)2)13-38-15-30(32,33)22-20(38)9-11-37(26(22)39)14-29(3,4)28(41)42/h6-8,10,12,20,22-23H,5,9,11,13-15H2,1-4H3,(H,35,36)(H,41,42)/t20-,22-,23+/m1/s1. The smallest absolute Gasteiger partial charge is 0.338 e. The second-order valence-electron chi connectivity index (χ2n) is 11.9. The van der Waals surface area contributed by atoms with Crippen LogP contribution in [0.15, 0.2) is 46.0 Å².